The summed E-state index contributed by atoms with van der Waals surface area (Å²) in [5, 5.41) is 4.19. The van der Waals surface area contributed by atoms with Crippen molar-refractivity contribution in [2.45, 2.75) is 24.2 Å². The molecule has 0 radical (unpaired) electrons. The third-order valence-corrected chi connectivity index (χ3v) is 6.53. The van der Waals surface area contributed by atoms with Gasteiger partial charge in [-0.25, -0.2) is 9.67 Å². The third kappa shape index (κ3) is 5.24. The van der Waals surface area contributed by atoms with Gasteiger partial charge in [0.15, 0.2) is 6.10 Å². The van der Waals surface area contributed by atoms with Gasteiger partial charge in [0.25, 0.3) is 10.1 Å². The molecule has 0 spiro atoms. The van der Waals surface area contributed by atoms with Crippen molar-refractivity contribution >= 4 is 26.0 Å². The highest BCUT2D eigenvalue weighted by molar-refractivity contribution is 9.10. The molecule has 0 N–H and O–H groups in total. The Bertz CT molecular complexity index is 1250. The predicted molar refractivity (Wildman–Crippen MR) is 122 cm³/mol. The van der Waals surface area contributed by atoms with Crippen molar-refractivity contribution in [3.63, 3.8) is 0 Å². The summed E-state index contributed by atoms with van der Waals surface area (Å²) in [7, 11) is -4.11. The molecule has 0 amide bonds. The number of halogens is 1. The van der Waals surface area contributed by atoms with Gasteiger partial charge in [0, 0.05) is 4.47 Å². The van der Waals surface area contributed by atoms with E-state index in [2.05, 4.69) is 26.0 Å². The molecule has 0 saturated carbocycles. The lowest BCUT2D eigenvalue weighted by Gasteiger charge is -2.27. The van der Waals surface area contributed by atoms with E-state index >= 15 is 0 Å². The van der Waals surface area contributed by atoms with Gasteiger partial charge in [-0.05, 0) is 48.9 Å². The number of ether oxygens (including phenoxy) is 1. The number of rotatable bonds is 8. The van der Waals surface area contributed by atoms with Crippen LogP contribution in [-0.2, 0) is 14.3 Å². The summed E-state index contributed by atoms with van der Waals surface area (Å²) in [5.41, 5.74) is 1.56. The molecule has 7 nitrogen and oxygen atoms in total. The molecule has 0 aliphatic heterocycles. The smallest absolute Gasteiger partial charge is 0.297 e. The molecule has 164 valence electrons. The van der Waals surface area contributed by atoms with E-state index in [1.807, 2.05) is 37.3 Å². The predicted octanol–water partition coefficient (Wildman–Crippen LogP) is 5.07. The lowest BCUT2D eigenvalue weighted by Crippen LogP contribution is -2.28. The fourth-order valence-corrected chi connectivity index (χ4v) is 4.39. The quantitative estimate of drug-likeness (QED) is 0.305. The Balaban J connectivity index is 1.76. The fourth-order valence-electron chi connectivity index (χ4n) is 3.06. The lowest BCUT2D eigenvalue weighted by atomic mass is 10.1. The molecule has 0 aliphatic rings. The molecule has 1 aromatic heterocycles. The minimum Gasteiger partial charge on any atom is -0.465 e. The van der Waals surface area contributed by atoms with E-state index in [9.17, 15) is 8.42 Å². The van der Waals surface area contributed by atoms with Crippen molar-refractivity contribution in [2.24, 2.45) is 0 Å². The summed E-state index contributed by atoms with van der Waals surface area (Å²) in [6.45, 7) is 1.89. The highest BCUT2D eigenvalue weighted by Crippen LogP contribution is 2.35. The second-order valence-electron chi connectivity index (χ2n) is 7.03. The van der Waals surface area contributed by atoms with Gasteiger partial charge < -0.3 is 4.74 Å². The van der Waals surface area contributed by atoms with Crippen LogP contribution in [0.2, 0.25) is 0 Å². The maximum atomic E-state index is 13.2. The monoisotopic (exact) mass is 513 g/mol. The maximum absolute atomic E-state index is 13.2. The van der Waals surface area contributed by atoms with Crippen LogP contribution in [0.25, 0.3) is 0 Å². The first-order valence-electron chi connectivity index (χ1n) is 9.74. The van der Waals surface area contributed by atoms with E-state index < -0.39 is 22.4 Å². The summed E-state index contributed by atoms with van der Waals surface area (Å²) < 4.78 is 40.6. The standard InChI is InChI=1S/C23H20BrN3O4S/c1-17-7-13-21(14-8-17)32(28,29)31-22(18-5-3-2-4-6-18)23(27-16-25-15-26-27)30-20-11-9-19(24)10-12-20/h2-16,22-23H,1H3. The van der Waals surface area contributed by atoms with Crippen LogP contribution in [0.3, 0.4) is 0 Å². The average Bonchev–Trinajstić information content (AvgIpc) is 3.33. The summed E-state index contributed by atoms with van der Waals surface area (Å²) in [4.78, 5) is 4.06. The number of aromatic nitrogens is 3. The lowest BCUT2D eigenvalue weighted by molar-refractivity contribution is -0.000807. The Labute approximate surface area is 194 Å². The van der Waals surface area contributed by atoms with Crippen LogP contribution >= 0.6 is 15.9 Å². The van der Waals surface area contributed by atoms with Crippen LogP contribution in [-0.4, -0.2) is 23.2 Å². The highest BCUT2D eigenvalue weighted by Gasteiger charge is 2.34. The van der Waals surface area contributed by atoms with Gasteiger partial charge in [0.1, 0.15) is 18.4 Å². The SMILES string of the molecule is Cc1ccc(S(=O)(=O)OC(c2ccccc2)C(Oc2ccc(Br)cc2)n2cncn2)cc1. The van der Waals surface area contributed by atoms with E-state index in [0.717, 1.165) is 10.0 Å². The zero-order valence-corrected chi connectivity index (χ0v) is 19.5. The van der Waals surface area contributed by atoms with E-state index in [1.54, 1.807) is 36.4 Å². The first kappa shape index (κ1) is 22.2. The molecule has 1 heterocycles. The molecule has 0 bridgehead atoms. The molecule has 0 aliphatic carbocycles. The summed E-state index contributed by atoms with van der Waals surface area (Å²) in [6.07, 6.45) is 0.838. The van der Waals surface area contributed by atoms with Gasteiger partial charge in [-0.3, -0.25) is 4.18 Å². The van der Waals surface area contributed by atoms with Gasteiger partial charge in [-0.15, -0.1) is 0 Å². The highest BCUT2D eigenvalue weighted by atomic mass is 79.9. The van der Waals surface area contributed by atoms with Crippen molar-refractivity contribution in [3.05, 3.63) is 107 Å². The molecule has 4 aromatic rings. The molecule has 32 heavy (non-hydrogen) atoms. The van der Waals surface area contributed by atoms with Crippen molar-refractivity contribution < 1.29 is 17.3 Å². The van der Waals surface area contributed by atoms with E-state index in [4.69, 9.17) is 8.92 Å². The molecular formula is C23H20BrN3O4S. The van der Waals surface area contributed by atoms with Crippen LogP contribution < -0.4 is 4.74 Å². The Hall–Kier alpha value is -3.01. The number of hydrogen-bond donors (Lipinski definition) is 0. The molecule has 9 heteroatoms. The molecule has 4 rings (SSSR count). The van der Waals surface area contributed by atoms with Crippen LogP contribution in [0.1, 0.15) is 23.5 Å². The Morgan fingerprint density at radius 2 is 1.62 bits per heavy atom. The summed E-state index contributed by atoms with van der Waals surface area (Å²) in [6, 6.07) is 22.7. The van der Waals surface area contributed by atoms with Gasteiger partial charge in [-0.1, -0.05) is 64.0 Å². The Morgan fingerprint density at radius 3 is 2.25 bits per heavy atom. The van der Waals surface area contributed by atoms with Gasteiger partial charge in [0.05, 0.1) is 4.90 Å². The first-order chi connectivity index (χ1) is 15.4. The van der Waals surface area contributed by atoms with Gasteiger partial charge in [-0.2, -0.15) is 13.5 Å². The molecular weight excluding hydrogens is 494 g/mol. The normalized spacial score (nSPS) is 13.4. The first-order valence-corrected chi connectivity index (χ1v) is 11.9. The number of aryl methyl sites for hydroxylation is 1. The summed E-state index contributed by atoms with van der Waals surface area (Å²) in [5.74, 6) is 0.519. The Morgan fingerprint density at radius 1 is 0.938 bits per heavy atom. The van der Waals surface area contributed by atoms with Crippen molar-refractivity contribution in [2.75, 3.05) is 0 Å². The van der Waals surface area contributed by atoms with Crippen LogP contribution in [0, 0.1) is 6.92 Å². The second kappa shape index (κ2) is 9.64. The van der Waals surface area contributed by atoms with E-state index in [-0.39, 0.29) is 4.90 Å². The minimum absolute atomic E-state index is 0.0602. The zero-order valence-electron chi connectivity index (χ0n) is 17.1. The van der Waals surface area contributed by atoms with E-state index in [1.165, 1.54) is 29.5 Å². The third-order valence-electron chi connectivity index (χ3n) is 4.69. The van der Waals surface area contributed by atoms with Crippen molar-refractivity contribution in [1.29, 1.82) is 0 Å². The molecule has 0 fully saturated rings. The van der Waals surface area contributed by atoms with Crippen molar-refractivity contribution in [1.82, 2.24) is 14.8 Å². The molecule has 0 saturated heterocycles. The average molecular weight is 514 g/mol. The zero-order chi connectivity index (χ0) is 22.6. The molecule has 2 atom stereocenters. The topological polar surface area (TPSA) is 83.3 Å². The van der Waals surface area contributed by atoms with Gasteiger partial charge >= 0.3 is 0 Å². The Kier molecular flexibility index (Phi) is 6.69. The number of nitrogens with zero attached hydrogens (tertiary/aromatic N) is 3. The largest absolute Gasteiger partial charge is 0.465 e. The fraction of sp³-hybridized carbons (Fsp3) is 0.130. The molecule has 3 aromatic carbocycles. The van der Waals surface area contributed by atoms with Crippen LogP contribution in [0.4, 0.5) is 0 Å². The van der Waals surface area contributed by atoms with E-state index in [0.29, 0.717) is 11.3 Å². The van der Waals surface area contributed by atoms with Gasteiger partial charge in [0.2, 0.25) is 6.23 Å². The molecule has 2 unspecified atom stereocenters. The minimum atomic E-state index is -4.11. The van der Waals surface area contributed by atoms with Crippen LogP contribution in [0.5, 0.6) is 5.75 Å². The second-order valence-corrected chi connectivity index (χ2v) is 9.52. The van der Waals surface area contributed by atoms with Crippen LogP contribution in [0.15, 0.2) is 101 Å². The van der Waals surface area contributed by atoms with Crippen molar-refractivity contribution in [3.8, 4) is 5.75 Å². The maximum Gasteiger partial charge on any atom is 0.297 e. The summed E-state index contributed by atoms with van der Waals surface area (Å²) >= 11 is 3.40. The number of hydrogen-bond acceptors (Lipinski definition) is 6. The number of benzene rings is 3.